The summed E-state index contributed by atoms with van der Waals surface area (Å²) in [6.45, 7) is 0.0442. The molecule has 0 amide bonds. The van der Waals surface area contributed by atoms with Gasteiger partial charge in [0.15, 0.2) is 0 Å². The molecule has 0 aliphatic carbocycles. The lowest BCUT2D eigenvalue weighted by Crippen LogP contribution is -3.13. The van der Waals surface area contributed by atoms with Crippen molar-refractivity contribution in [2.75, 3.05) is 19.5 Å². The van der Waals surface area contributed by atoms with Gasteiger partial charge in [-0.2, -0.15) is 0 Å². The van der Waals surface area contributed by atoms with Gasteiger partial charge in [-0.15, -0.1) is 0 Å². The molecule has 0 aliphatic rings. The van der Waals surface area contributed by atoms with Crippen LogP contribution in [0.4, 0.5) is 12.9 Å². The first-order valence-electron chi connectivity index (χ1n) is 3.54. The molecule has 0 aliphatic heterocycles. The van der Waals surface area contributed by atoms with Crippen molar-refractivity contribution in [2.45, 2.75) is 13.8 Å². The second-order valence-corrected chi connectivity index (χ2v) is 2.37. The van der Waals surface area contributed by atoms with Crippen LogP contribution in [0.2, 0.25) is 0 Å². The Morgan fingerprint density at radius 2 is 1.50 bits per heavy atom. The fourth-order valence-corrected chi connectivity index (χ4v) is 0.866. The van der Waals surface area contributed by atoms with E-state index >= 15 is 0 Å². The quantitative estimate of drug-likeness (QED) is 0.556. The molecule has 0 fully saturated rings. The van der Waals surface area contributed by atoms with Gasteiger partial charge in [0.1, 0.15) is 0 Å². The molecule has 5 heteroatoms. The van der Waals surface area contributed by atoms with Crippen molar-refractivity contribution in [3.05, 3.63) is 0 Å². The van der Waals surface area contributed by atoms with Crippen LogP contribution in [0.3, 0.4) is 0 Å². The van der Waals surface area contributed by atoms with E-state index in [4.69, 9.17) is 0 Å². The predicted molar refractivity (Wildman–Crippen MR) is 36.0 cm³/mol. The number of quaternary nitrogens is 1. The highest BCUT2D eigenvalue weighted by Crippen LogP contribution is 2.03. The van der Waals surface area contributed by atoms with Gasteiger partial charge in [-0.3, -0.25) is 0 Å². The number of hydrogen-bond donors (Lipinski definition) is 1. The van der Waals surface area contributed by atoms with Gasteiger partial charge in [-0.05, 0) is 13.8 Å². The van der Waals surface area contributed by atoms with E-state index in [-0.39, 0.29) is 0 Å². The Morgan fingerprint density at radius 1 is 1.10 bits per heavy atom. The molecule has 0 saturated heterocycles. The van der Waals surface area contributed by atoms with Crippen LogP contribution < -0.4 is 4.90 Å². The Balaban J connectivity index is 3.63. The molecule has 0 radical (unpaired) electrons. The zero-order valence-electron chi connectivity index (χ0n) is 6.33. The first-order chi connectivity index (χ1) is 4.49. The topological polar surface area (TPSA) is 4.44 Å². The van der Waals surface area contributed by atoms with E-state index in [2.05, 4.69) is 0 Å². The fourth-order valence-electron chi connectivity index (χ4n) is 0.866. The minimum atomic E-state index is -4.59. The Labute approximate surface area is 59.3 Å². The molecule has 62 valence electrons. The van der Waals surface area contributed by atoms with E-state index in [1.54, 1.807) is 13.8 Å². The molecule has 0 unspecified atom stereocenters. The molecule has 0 atom stereocenters. The zero-order valence-corrected chi connectivity index (χ0v) is 6.33. The summed E-state index contributed by atoms with van der Waals surface area (Å²) in [5.74, 6) is 0. The summed E-state index contributed by atoms with van der Waals surface area (Å²) in [6, 6.07) is 0. The lowest BCUT2D eigenvalue weighted by atomic mass is 9.91. The van der Waals surface area contributed by atoms with Crippen molar-refractivity contribution in [3.63, 3.8) is 0 Å². The van der Waals surface area contributed by atoms with E-state index in [0.717, 1.165) is 0 Å². The lowest BCUT2D eigenvalue weighted by molar-refractivity contribution is -0.887. The van der Waals surface area contributed by atoms with Gasteiger partial charge in [0, 0.05) is 0 Å². The maximum atomic E-state index is 11.7. The smallest absolute Gasteiger partial charge is 0.445 e. The summed E-state index contributed by atoms with van der Waals surface area (Å²) in [6.07, 6.45) is -0.646. The monoisotopic (exact) mass is 155 g/mol. The van der Waals surface area contributed by atoms with Crippen LogP contribution in [0.15, 0.2) is 0 Å². The summed E-state index contributed by atoms with van der Waals surface area (Å²) < 4.78 is 35.2. The molecule has 0 aromatic rings. The summed E-state index contributed by atoms with van der Waals surface area (Å²) in [4.78, 5) is 0.604. The van der Waals surface area contributed by atoms with Gasteiger partial charge in [-0.1, -0.05) is 0 Å². The van der Waals surface area contributed by atoms with Crippen LogP contribution in [0.25, 0.3) is 0 Å². The number of halogens is 3. The summed E-state index contributed by atoms with van der Waals surface area (Å²) in [7, 11) is 0. The van der Waals surface area contributed by atoms with E-state index in [0.29, 0.717) is 18.0 Å². The summed E-state index contributed by atoms with van der Waals surface area (Å²) in [5, 5.41) is 0. The van der Waals surface area contributed by atoms with Crippen LogP contribution in [-0.4, -0.2) is 26.5 Å². The van der Waals surface area contributed by atoms with Gasteiger partial charge < -0.3 is 17.8 Å². The molecule has 0 saturated carbocycles. The average Bonchev–Trinajstić information content (AvgIpc) is 1.81. The van der Waals surface area contributed by atoms with Crippen molar-refractivity contribution in [3.8, 4) is 0 Å². The standard InChI is InChI=1S/C5H12BF3N/c1-3-10(4-2)5-6(7,8)9/h3-5H2,1-2H3/q-1/p+1. The molecule has 0 rings (SSSR count). The highest BCUT2D eigenvalue weighted by molar-refractivity contribution is 6.58. The normalized spacial score (nSPS) is 12.6. The summed E-state index contributed by atoms with van der Waals surface area (Å²) in [5.41, 5.74) is 0. The molecule has 1 N–H and O–H groups in total. The molecular formula is C5H13BF3N. The molecule has 1 nitrogen and oxygen atoms in total. The molecule has 0 heterocycles. The minimum Gasteiger partial charge on any atom is -0.445 e. The van der Waals surface area contributed by atoms with E-state index in [9.17, 15) is 12.9 Å². The van der Waals surface area contributed by atoms with Crippen LogP contribution in [0, 0.1) is 0 Å². The van der Waals surface area contributed by atoms with Crippen LogP contribution in [-0.2, 0) is 0 Å². The van der Waals surface area contributed by atoms with E-state index in [1.165, 1.54) is 0 Å². The molecule has 0 bridgehead atoms. The molecule has 0 aromatic heterocycles. The highest BCUT2D eigenvalue weighted by Gasteiger charge is 2.28. The van der Waals surface area contributed by atoms with Crippen molar-refractivity contribution in [1.29, 1.82) is 0 Å². The van der Waals surface area contributed by atoms with E-state index < -0.39 is 13.4 Å². The first-order valence-corrected chi connectivity index (χ1v) is 3.54. The van der Waals surface area contributed by atoms with Crippen molar-refractivity contribution in [2.24, 2.45) is 0 Å². The number of nitrogens with one attached hydrogen (secondary N) is 1. The maximum absolute atomic E-state index is 11.7. The third-order valence-electron chi connectivity index (χ3n) is 1.52. The van der Waals surface area contributed by atoms with Crippen molar-refractivity contribution >= 4 is 6.98 Å². The maximum Gasteiger partial charge on any atom is 0.531 e. The van der Waals surface area contributed by atoms with Gasteiger partial charge >= 0.3 is 6.98 Å². The molecule has 0 spiro atoms. The average molecular weight is 155 g/mol. The second-order valence-electron chi connectivity index (χ2n) is 2.37. The van der Waals surface area contributed by atoms with Gasteiger partial charge in [0.05, 0.1) is 19.5 Å². The Bertz CT molecular complexity index is 89.4. The predicted octanol–water partition coefficient (Wildman–Crippen LogP) is 0.298. The Hall–Kier alpha value is -0.185. The Kier molecular flexibility index (Phi) is 3.79. The van der Waals surface area contributed by atoms with Crippen molar-refractivity contribution in [1.82, 2.24) is 0 Å². The summed E-state index contributed by atoms with van der Waals surface area (Å²) >= 11 is 0. The molecule has 0 aromatic carbocycles. The van der Waals surface area contributed by atoms with Gasteiger partial charge in [0.2, 0.25) is 0 Å². The van der Waals surface area contributed by atoms with Gasteiger partial charge in [0.25, 0.3) is 0 Å². The first kappa shape index (κ1) is 9.81. The largest absolute Gasteiger partial charge is 0.531 e. The second kappa shape index (κ2) is 3.86. The lowest BCUT2D eigenvalue weighted by Gasteiger charge is -2.21. The van der Waals surface area contributed by atoms with Crippen LogP contribution in [0.5, 0.6) is 0 Å². The fraction of sp³-hybridized carbons (Fsp3) is 1.00. The SMILES string of the molecule is CC[NH+](CC)C[B-](F)(F)F. The number of hydrogen-bond acceptors (Lipinski definition) is 0. The Morgan fingerprint density at radius 3 is 1.60 bits per heavy atom. The zero-order chi connectivity index (χ0) is 8.20. The van der Waals surface area contributed by atoms with E-state index in [1.807, 2.05) is 0 Å². The molecular weight excluding hydrogens is 142 g/mol. The van der Waals surface area contributed by atoms with Gasteiger partial charge in [-0.25, -0.2) is 0 Å². The minimum absolute atomic E-state index is 0.553. The van der Waals surface area contributed by atoms with Crippen LogP contribution >= 0.6 is 0 Å². The number of rotatable bonds is 4. The van der Waals surface area contributed by atoms with Crippen LogP contribution in [0.1, 0.15) is 13.8 Å². The third-order valence-corrected chi connectivity index (χ3v) is 1.52. The van der Waals surface area contributed by atoms with Crippen molar-refractivity contribution < 1.29 is 17.8 Å². The molecule has 10 heavy (non-hydrogen) atoms. The third kappa shape index (κ3) is 4.67. The highest BCUT2D eigenvalue weighted by atomic mass is 19.4.